The Balaban J connectivity index is 0.977. The SMILES string of the molecule is CC1(C)c2ccccc2Oc2cc3c(cc21)N(c1ccc(-c2ccccc2)cc1-c1ccccc1)c1cc(-c2ccc4c(c2)C(c2ccccc2)(c2ccccc2)c2ccccc2O4)cc2c1B3c1cc(-c3ccccc3)ccc1N2c1c(-c2ccccc2)cccc1-c1ccccc1. The Morgan fingerprint density at radius 2 is 0.687 bits per heavy atom. The van der Waals surface area contributed by atoms with E-state index in [0.29, 0.717) is 0 Å². The van der Waals surface area contributed by atoms with Gasteiger partial charge < -0.3 is 19.3 Å². The summed E-state index contributed by atoms with van der Waals surface area (Å²) < 4.78 is 14.5. The van der Waals surface area contributed by atoms with E-state index < -0.39 is 10.8 Å². The van der Waals surface area contributed by atoms with E-state index in [-0.39, 0.29) is 6.71 Å². The van der Waals surface area contributed by atoms with Crippen molar-refractivity contribution in [1.82, 2.24) is 0 Å². The standard InChI is InChI=1S/C94H65BN2O2/c1-93(2)76-45-24-26-47-87(76)99-90-61-81-84(60-78(90)93)96(82-52-49-67(62-29-10-3-11-30-62)55-75(82)66-37-18-7-19-38-66)85-58-70(68-51-54-89-79(56-68)94(71-39-20-8-21-40-71,72-41-22-9-23-42-72)77-46-25-27-48-88(77)98-89)59-86-91(85)95(81)80-57-69(63-31-12-4-13-32-63)50-53-83(80)97(86)92-73(64-33-14-5-15-34-64)43-28-44-74(92)65-35-16-6-17-36-65/h3-61H,1-2H3. The summed E-state index contributed by atoms with van der Waals surface area (Å²) in [5.74, 6) is 3.40. The van der Waals surface area contributed by atoms with Gasteiger partial charge in [0.05, 0.1) is 16.8 Å². The zero-order valence-corrected chi connectivity index (χ0v) is 54.9. The largest absolute Gasteiger partial charge is 0.457 e. The van der Waals surface area contributed by atoms with Gasteiger partial charge in [-0.05, 0) is 144 Å². The van der Waals surface area contributed by atoms with E-state index >= 15 is 0 Å². The molecular formula is C94H65BN2O2. The smallest absolute Gasteiger partial charge is 0.252 e. The molecule has 0 saturated carbocycles. The Hall–Kier alpha value is -12.4. The topological polar surface area (TPSA) is 24.9 Å². The van der Waals surface area contributed by atoms with Gasteiger partial charge in [0, 0.05) is 67.1 Å². The summed E-state index contributed by atoms with van der Waals surface area (Å²) in [4.78, 5) is 5.27. The number of ether oxygens (including phenoxy) is 2. The van der Waals surface area contributed by atoms with E-state index in [9.17, 15) is 0 Å². The first-order valence-electron chi connectivity index (χ1n) is 34.3. The summed E-state index contributed by atoms with van der Waals surface area (Å²) in [6, 6.07) is 132. The van der Waals surface area contributed by atoms with E-state index in [1.54, 1.807) is 0 Å². The Kier molecular flexibility index (Phi) is 13.6. The molecule has 0 atom stereocenters. The summed E-state index contributed by atoms with van der Waals surface area (Å²) in [7, 11) is 0. The van der Waals surface area contributed by atoms with Gasteiger partial charge in [0.2, 0.25) is 0 Å². The number of hydrogen-bond donors (Lipinski definition) is 0. The van der Waals surface area contributed by atoms with Gasteiger partial charge in [0.15, 0.2) is 0 Å². The molecule has 15 aromatic rings. The predicted octanol–water partition coefficient (Wildman–Crippen LogP) is 22.7. The molecule has 0 aliphatic carbocycles. The number of rotatable bonds is 10. The molecule has 0 amide bonds. The van der Waals surface area contributed by atoms with Crippen LogP contribution in [0, 0.1) is 0 Å². The summed E-state index contributed by atoms with van der Waals surface area (Å²) in [5, 5.41) is 0. The van der Waals surface area contributed by atoms with Crippen LogP contribution in [0.1, 0.15) is 47.2 Å². The van der Waals surface area contributed by atoms with E-state index in [1.165, 1.54) is 10.9 Å². The molecular weight excluding hydrogens is 1200 g/mol. The lowest BCUT2D eigenvalue weighted by atomic mass is 9.33. The van der Waals surface area contributed by atoms with Gasteiger partial charge >= 0.3 is 0 Å². The number of nitrogens with zero attached hydrogens (tertiary/aromatic N) is 2. The molecule has 5 heteroatoms. The monoisotopic (exact) mass is 1260 g/mol. The zero-order valence-electron chi connectivity index (χ0n) is 54.9. The Morgan fingerprint density at radius 1 is 0.253 bits per heavy atom. The van der Waals surface area contributed by atoms with Crippen molar-refractivity contribution in [3.63, 3.8) is 0 Å². The van der Waals surface area contributed by atoms with Gasteiger partial charge in [-0.2, -0.15) is 0 Å². The van der Waals surface area contributed by atoms with Crippen LogP contribution in [0.2, 0.25) is 0 Å². The van der Waals surface area contributed by atoms with Gasteiger partial charge in [-0.3, -0.25) is 0 Å². The van der Waals surface area contributed by atoms with Crippen LogP contribution in [-0.2, 0) is 10.8 Å². The molecule has 4 heterocycles. The number of para-hydroxylation sites is 3. The second kappa shape index (κ2) is 23.2. The highest BCUT2D eigenvalue weighted by Gasteiger charge is 2.49. The summed E-state index contributed by atoms with van der Waals surface area (Å²) >= 11 is 0. The maximum absolute atomic E-state index is 7.29. The van der Waals surface area contributed by atoms with Crippen molar-refractivity contribution in [2.45, 2.75) is 24.7 Å². The highest BCUT2D eigenvalue weighted by molar-refractivity contribution is 7.00. The van der Waals surface area contributed by atoms with Gasteiger partial charge in [0.25, 0.3) is 6.71 Å². The minimum Gasteiger partial charge on any atom is -0.457 e. The molecule has 0 fully saturated rings. The first kappa shape index (κ1) is 58.0. The van der Waals surface area contributed by atoms with E-state index in [1.807, 2.05) is 0 Å². The molecule has 0 unspecified atom stereocenters. The first-order valence-corrected chi connectivity index (χ1v) is 34.3. The number of hydrogen-bond acceptors (Lipinski definition) is 4. The summed E-state index contributed by atoms with van der Waals surface area (Å²) in [6.45, 7) is 4.42. The fraction of sp³-hybridized carbons (Fsp3) is 0.0426. The lowest BCUT2D eigenvalue weighted by molar-refractivity contribution is 0.418. The lowest BCUT2D eigenvalue weighted by Gasteiger charge is -2.46. The minimum absolute atomic E-state index is 0.301. The van der Waals surface area contributed by atoms with Crippen molar-refractivity contribution in [1.29, 1.82) is 0 Å². The normalized spacial score (nSPS) is 13.8. The quantitative estimate of drug-likeness (QED) is 0.127. The summed E-state index contributed by atoms with van der Waals surface area (Å²) in [6.07, 6.45) is 0. The van der Waals surface area contributed by atoms with Crippen LogP contribution in [0.3, 0.4) is 0 Å². The molecule has 15 aromatic carbocycles. The molecule has 0 N–H and O–H groups in total. The van der Waals surface area contributed by atoms with Crippen molar-refractivity contribution in [2.75, 3.05) is 9.80 Å². The Labute approximate surface area is 578 Å². The first-order chi connectivity index (χ1) is 48.9. The second-order valence-electron chi connectivity index (χ2n) is 27.0. The van der Waals surface area contributed by atoms with Gasteiger partial charge in [0.1, 0.15) is 23.0 Å². The molecule has 0 aromatic heterocycles. The van der Waals surface area contributed by atoms with Gasteiger partial charge in [-0.25, -0.2) is 0 Å². The van der Waals surface area contributed by atoms with Gasteiger partial charge in [-0.15, -0.1) is 0 Å². The Morgan fingerprint density at radius 3 is 1.27 bits per heavy atom. The number of benzene rings is 15. The molecule has 0 saturated heterocycles. The van der Waals surface area contributed by atoms with E-state index in [0.717, 1.165) is 163 Å². The molecule has 4 aliphatic heterocycles. The van der Waals surface area contributed by atoms with Crippen molar-refractivity contribution >= 4 is 57.2 Å². The summed E-state index contributed by atoms with van der Waals surface area (Å²) in [5.41, 5.74) is 29.0. The third-order valence-corrected chi connectivity index (χ3v) is 21.2. The molecule has 4 nitrogen and oxygen atoms in total. The van der Waals surface area contributed by atoms with Crippen LogP contribution in [0.5, 0.6) is 23.0 Å². The third kappa shape index (κ3) is 9.22. The van der Waals surface area contributed by atoms with E-state index in [4.69, 9.17) is 9.47 Å². The fourth-order valence-corrected chi connectivity index (χ4v) is 16.7. The van der Waals surface area contributed by atoms with Crippen molar-refractivity contribution in [3.8, 4) is 89.8 Å². The van der Waals surface area contributed by atoms with Crippen LogP contribution in [0.25, 0.3) is 66.8 Å². The average molecular weight is 1270 g/mol. The van der Waals surface area contributed by atoms with Crippen molar-refractivity contribution < 1.29 is 9.47 Å². The van der Waals surface area contributed by atoms with Crippen molar-refractivity contribution in [3.05, 3.63) is 391 Å². The maximum Gasteiger partial charge on any atom is 0.252 e. The van der Waals surface area contributed by atoms with Gasteiger partial charge in [-0.1, -0.05) is 305 Å². The van der Waals surface area contributed by atoms with Crippen LogP contribution >= 0.6 is 0 Å². The predicted molar refractivity (Wildman–Crippen MR) is 410 cm³/mol. The number of fused-ring (bicyclic) bond motifs is 8. The minimum atomic E-state index is -0.764. The average Bonchev–Trinajstić information content (AvgIpc) is 0.698. The highest BCUT2D eigenvalue weighted by Crippen LogP contribution is 2.59. The van der Waals surface area contributed by atoms with Crippen LogP contribution in [-0.4, -0.2) is 6.71 Å². The molecule has 4 aliphatic rings. The van der Waals surface area contributed by atoms with Crippen LogP contribution < -0.4 is 35.7 Å². The highest BCUT2D eigenvalue weighted by atomic mass is 16.5. The van der Waals surface area contributed by atoms with E-state index in [2.05, 4.69) is 382 Å². The molecule has 19 rings (SSSR count). The maximum atomic E-state index is 7.29. The molecule has 0 radical (unpaired) electrons. The second-order valence-corrected chi connectivity index (χ2v) is 27.0. The Bertz CT molecular complexity index is 5550. The van der Waals surface area contributed by atoms with Crippen molar-refractivity contribution in [2.24, 2.45) is 0 Å². The lowest BCUT2D eigenvalue weighted by Crippen LogP contribution is -2.61. The molecule has 0 bridgehead atoms. The fourth-order valence-electron chi connectivity index (χ4n) is 16.7. The molecule has 99 heavy (non-hydrogen) atoms. The number of anilines is 6. The molecule has 466 valence electrons. The van der Waals surface area contributed by atoms with Crippen LogP contribution in [0.4, 0.5) is 34.1 Å². The van der Waals surface area contributed by atoms with Crippen LogP contribution in [0.15, 0.2) is 358 Å². The third-order valence-electron chi connectivity index (χ3n) is 21.2. The zero-order chi connectivity index (χ0) is 65.8. The molecule has 0 spiro atoms.